The van der Waals surface area contributed by atoms with Gasteiger partial charge in [-0.1, -0.05) is 0 Å². The van der Waals surface area contributed by atoms with E-state index in [4.69, 9.17) is 10.5 Å². The maximum Gasteiger partial charge on any atom is 0.331 e. The molecule has 6 nitrogen and oxygen atoms in total. The summed E-state index contributed by atoms with van der Waals surface area (Å²) in [7, 11) is 0. The molecule has 0 spiro atoms. The fourth-order valence-corrected chi connectivity index (χ4v) is 2.04. The van der Waals surface area contributed by atoms with Crippen molar-refractivity contribution in [3.63, 3.8) is 0 Å². The van der Waals surface area contributed by atoms with E-state index >= 15 is 0 Å². The van der Waals surface area contributed by atoms with Crippen molar-refractivity contribution in [2.45, 2.75) is 32.0 Å². The molecule has 2 heterocycles. The molecule has 1 aliphatic heterocycles. The number of hydrogen-bond acceptors (Lipinski definition) is 4. The summed E-state index contributed by atoms with van der Waals surface area (Å²) < 4.78 is 8.15. The number of nitrogens with zero attached hydrogens (tertiary/aromatic N) is 2. The Bertz CT molecular complexity index is 485. The summed E-state index contributed by atoms with van der Waals surface area (Å²) in [5.41, 5.74) is 4.77. The summed E-state index contributed by atoms with van der Waals surface area (Å²) in [6.45, 7) is 1.79. The summed E-state index contributed by atoms with van der Waals surface area (Å²) in [6.07, 6.45) is 3.60. The number of aromatic nitrogens is 2. The molecule has 6 heteroatoms. The Morgan fingerprint density at radius 2 is 2.29 bits per heavy atom. The Balaban J connectivity index is 2.25. The quantitative estimate of drug-likeness (QED) is 0.742. The Kier molecular flexibility index (Phi) is 3.75. The smallest absolute Gasteiger partial charge is 0.331 e. The van der Waals surface area contributed by atoms with Gasteiger partial charge in [0.25, 0.3) is 5.56 Å². The van der Waals surface area contributed by atoms with Gasteiger partial charge >= 0.3 is 5.69 Å². The number of hydrogen-bond donors (Lipinski definition) is 1. The van der Waals surface area contributed by atoms with Gasteiger partial charge in [0.15, 0.2) is 0 Å². The SMILES string of the molecule is NCCn1c(=O)ccn(CC2CCCO2)c1=O. The Morgan fingerprint density at radius 3 is 2.94 bits per heavy atom. The standard InChI is InChI=1S/C11H17N3O3/c12-4-6-14-10(15)3-5-13(11(14)16)8-9-2-1-7-17-9/h3,5,9H,1-2,4,6-8,12H2. The minimum absolute atomic E-state index is 0.0801. The second kappa shape index (κ2) is 5.29. The van der Waals surface area contributed by atoms with Gasteiger partial charge in [0.1, 0.15) is 0 Å². The summed E-state index contributed by atoms with van der Waals surface area (Å²) in [5, 5.41) is 0. The monoisotopic (exact) mass is 239 g/mol. The third kappa shape index (κ3) is 2.65. The van der Waals surface area contributed by atoms with Gasteiger partial charge in [0, 0.05) is 32.0 Å². The molecule has 1 aliphatic rings. The van der Waals surface area contributed by atoms with Gasteiger partial charge in [-0.15, -0.1) is 0 Å². The van der Waals surface area contributed by atoms with Crippen LogP contribution in [-0.2, 0) is 17.8 Å². The van der Waals surface area contributed by atoms with Crippen molar-refractivity contribution >= 4 is 0 Å². The zero-order valence-corrected chi connectivity index (χ0v) is 9.67. The lowest BCUT2D eigenvalue weighted by Crippen LogP contribution is -2.41. The van der Waals surface area contributed by atoms with Crippen molar-refractivity contribution in [1.29, 1.82) is 0 Å². The van der Waals surface area contributed by atoms with E-state index in [1.54, 1.807) is 0 Å². The van der Waals surface area contributed by atoms with E-state index in [0.29, 0.717) is 6.54 Å². The van der Waals surface area contributed by atoms with Crippen LogP contribution in [0.3, 0.4) is 0 Å². The first-order valence-corrected chi connectivity index (χ1v) is 5.84. The first kappa shape index (κ1) is 12.1. The number of rotatable bonds is 4. The zero-order valence-electron chi connectivity index (χ0n) is 9.67. The molecule has 0 bridgehead atoms. The van der Waals surface area contributed by atoms with E-state index in [0.717, 1.165) is 24.0 Å². The molecule has 94 valence electrons. The zero-order chi connectivity index (χ0) is 12.3. The van der Waals surface area contributed by atoms with Crippen molar-refractivity contribution in [2.75, 3.05) is 13.2 Å². The van der Waals surface area contributed by atoms with Gasteiger partial charge in [-0.25, -0.2) is 4.79 Å². The molecule has 2 rings (SSSR count). The Hall–Kier alpha value is -1.40. The molecular formula is C11H17N3O3. The molecule has 1 aromatic heterocycles. The highest BCUT2D eigenvalue weighted by Crippen LogP contribution is 2.12. The molecule has 2 N–H and O–H groups in total. The fraction of sp³-hybridized carbons (Fsp3) is 0.636. The molecule has 0 amide bonds. The number of nitrogens with two attached hydrogens (primary N) is 1. The Morgan fingerprint density at radius 1 is 1.47 bits per heavy atom. The van der Waals surface area contributed by atoms with Gasteiger partial charge in [-0.2, -0.15) is 0 Å². The second-order valence-electron chi connectivity index (χ2n) is 4.16. The summed E-state index contributed by atoms with van der Waals surface area (Å²) in [4.78, 5) is 23.5. The van der Waals surface area contributed by atoms with Crippen LogP contribution in [-0.4, -0.2) is 28.4 Å². The van der Waals surface area contributed by atoms with Crippen molar-refractivity contribution in [2.24, 2.45) is 5.73 Å². The fourth-order valence-electron chi connectivity index (χ4n) is 2.04. The van der Waals surface area contributed by atoms with E-state index in [1.807, 2.05) is 0 Å². The lowest BCUT2D eigenvalue weighted by atomic mass is 10.2. The third-order valence-electron chi connectivity index (χ3n) is 2.92. The van der Waals surface area contributed by atoms with E-state index in [1.165, 1.54) is 16.8 Å². The van der Waals surface area contributed by atoms with Crippen LogP contribution >= 0.6 is 0 Å². The van der Waals surface area contributed by atoms with Gasteiger partial charge in [-0.05, 0) is 12.8 Å². The minimum atomic E-state index is -0.307. The van der Waals surface area contributed by atoms with Crippen LogP contribution in [0.5, 0.6) is 0 Å². The molecule has 0 saturated carbocycles. The van der Waals surface area contributed by atoms with Gasteiger partial charge in [0.2, 0.25) is 0 Å². The summed E-state index contributed by atoms with van der Waals surface area (Å²) in [6, 6.07) is 1.39. The highest BCUT2D eigenvalue weighted by molar-refractivity contribution is 4.87. The topological polar surface area (TPSA) is 79.2 Å². The van der Waals surface area contributed by atoms with Crippen molar-refractivity contribution in [1.82, 2.24) is 9.13 Å². The Labute approximate surface area is 98.6 Å². The van der Waals surface area contributed by atoms with Gasteiger partial charge < -0.3 is 10.5 Å². The highest BCUT2D eigenvalue weighted by atomic mass is 16.5. The molecule has 1 fully saturated rings. The van der Waals surface area contributed by atoms with E-state index < -0.39 is 0 Å². The second-order valence-corrected chi connectivity index (χ2v) is 4.16. The van der Waals surface area contributed by atoms with Gasteiger partial charge in [-0.3, -0.25) is 13.9 Å². The van der Waals surface area contributed by atoms with Crippen molar-refractivity contribution in [3.05, 3.63) is 33.1 Å². The van der Waals surface area contributed by atoms with Crippen LogP contribution in [0.4, 0.5) is 0 Å². The van der Waals surface area contributed by atoms with Crippen LogP contribution in [0.15, 0.2) is 21.9 Å². The molecule has 1 saturated heterocycles. The third-order valence-corrected chi connectivity index (χ3v) is 2.92. The number of ether oxygens (including phenoxy) is 1. The average molecular weight is 239 g/mol. The predicted molar refractivity (Wildman–Crippen MR) is 63.0 cm³/mol. The first-order valence-electron chi connectivity index (χ1n) is 5.84. The van der Waals surface area contributed by atoms with Crippen LogP contribution in [0.2, 0.25) is 0 Å². The molecule has 1 aromatic rings. The largest absolute Gasteiger partial charge is 0.376 e. The minimum Gasteiger partial charge on any atom is -0.376 e. The maximum atomic E-state index is 12.0. The molecule has 1 atom stereocenters. The van der Waals surface area contributed by atoms with E-state index in [2.05, 4.69) is 0 Å². The van der Waals surface area contributed by atoms with Gasteiger partial charge in [0.05, 0.1) is 12.6 Å². The lowest BCUT2D eigenvalue weighted by Gasteiger charge is -2.13. The molecule has 0 aliphatic carbocycles. The molecule has 17 heavy (non-hydrogen) atoms. The van der Waals surface area contributed by atoms with Crippen LogP contribution in [0.1, 0.15) is 12.8 Å². The molecule has 0 aromatic carbocycles. The summed E-state index contributed by atoms with van der Waals surface area (Å²) in [5.74, 6) is 0. The van der Waals surface area contributed by atoms with Crippen LogP contribution in [0, 0.1) is 0 Å². The lowest BCUT2D eigenvalue weighted by molar-refractivity contribution is 0.0953. The normalized spacial score (nSPS) is 19.7. The predicted octanol–water partition coefficient (Wildman–Crippen LogP) is -0.852. The summed E-state index contributed by atoms with van der Waals surface area (Å²) >= 11 is 0. The first-order chi connectivity index (χ1) is 8.22. The van der Waals surface area contributed by atoms with Crippen molar-refractivity contribution in [3.8, 4) is 0 Å². The highest BCUT2D eigenvalue weighted by Gasteiger charge is 2.17. The van der Waals surface area contributed by atoms with Crippen LogP contribution < -0.4 is 17.0 Å². The van der Waals surface area contributed by atoms with Crippen LogP contribution in [0.25, 0.3) is 0 Å². The maximum absolute atomic E-state index is 12.0. The van der Waals surface area contributed by atoms with E-state index in [9.17, 15) is 9.59 Å². The van der Waals surface area contributed by atoms with Crippen molar-refractivity contribution < 1.29 is 4.74 Å². The molecular weight excluding hydrogens is 222 g/mol. The van der Waals surface area contributed by atoms with E-state index in [-0.39, 0.29) is 30.4 Å². The molecule has 1 unspecified atom stereocenters. The average Bonchev–Trinajstić information content (AvgIpc) is 2.81. The molecule has 0 radical (unpaired) electrons.